The van der Waals surface area contributed by atoms with Crippen molar-refractivity contribution < 1.29 is 9.18 Å². The molecule has 0 N–H and O–H groups in total. The van der Waals surface area contributed by atoms with E-state index >= 15 is 0 Å². The summed E-state index contributed by atoms with van der Waals surface area (Å²) in [6.45, 7) is 0. The monoisotopic (exact) mass is 195 g/mol. The molecule has 76 valence electrons. The molecule has 3 heteroatoms. The van der Waals surface area contributed by atoms with E-state index in [9.17, 15) is 9.18 Å². The van der Waals surface area contributed by atoms with Crippen molar-refractivity contribution in [2.75, 3.05) is 0 Å². The van der Waals surface area contributed by atoms with Gasteiger partial charge >= 0.3 is 0 Å². The van der Waals surface area contributed by atoms with Gasteiger partial charge in [0.15, 0.2) is 0 Å². The van der Waals surface area contributed by atoms with Crippen LogP contribution in [-0.4, -0.2) is 17.8 Å². The van der Waals surface area contributed by atoms with Crippen LogP contribution in [0.3, 0.4) is 0 Å². The first-order chi connectivity index (χ1) is 6.71. The topological polar surface area (TPSA) is 29.4 Å². The fraction of sp³-hybridized carbons (Fsp3) is 0.909. The molecule has 4 rings (SSSR count). The van der Waals surface area contributed by atoms with E-state index < -0.39 is 5.67 Å². The quantitative estimate of drug-likeness (QED) is 0.466. The van der Waals surface area contributed by atoms with Crippen molar-refractivity contribution in [1.82, 2.24) is 0 Å². The Bertz CT molecular complexity index is 296. The number of carbonyl (C=O) groups excluding carboxylic acids is 1. The number of hydrogen-bond acceptors (Lipinski definition) is 2. The van der Waals surface area contributed by atoms with Gasteiger partial charge in [0.2, 0.25) is 6.08 Å². The van der Waals surface area contributed by atoms with Crippen molar-refractivity contribution in [2.24, 2.45) is 22.7 Å². The minimum Gasteiger partial charge on any atom is -0.241 e. The Labute approximate surface area is 82.6 Å². The molecule has 0 amide bonds. The number of alkyl halides is 1. The average Bonchev–Trinajstić information content (AvgIpc) is 2.09. The fourth-order valence-electron chi connectivity index (χ4n) is 4.19. The van der Waals surface area contributed by atoms with Crippen molar-refractivity contribution in [3.8, 4) is 0 Å². The van der Waals surface area contributed by atoms with Crippen LogP contribution in [-0.2, 0) is 4.79 Å². The zero-order chi connectivity index (χ0) is 9.76. The summed E-state index contributed by atoms with van der Waals surface area (Å²) in [4.78, 5) is 14.0. The lowest BCUT2D eigenvalue weighted by Crippen LogP contribution is -2.57. The maximum Gasteiger partial charge on any atom is 0.235 e. The fourth-order valence-corrected chi connectivity index (χ4v) is 4.19. The van der Waals surface area contributed by atoms with Crippen molar-refractivity contribution in [1.29, 1.82) is 0 Å². The zero-order valence-corrected chi connectivity index (χ0v) is 8.08. The lowest BCUT2D eigenvalue weighted by Gasteiger charge is -2.55. The highest BCUT2D eigenvalue weighted by Gasteiger charge is 2.58. The summed E-state index contributed by atoms with van der Waals surface area (Å²) in [5.41, 5.74) is -1.16. The van der Waals surface area contributed by atoms with E-state index in [0.717, 1.165) is 12.8 Å². The van der Waals surface area contributed by atoms with Gasteiger partial charge in [-0.2, -0.15) is 4.99 Å². The van der Waals surface area contributed by atoms with Crippen molar-refractivity contribution in [2.45, 2.75) is 43.8 Å². The second kappa shape index (κ2) is 2.66. The van der Waals surface area contributed by atoms with Gasteiger partial charge in [0.25, 0.3) is 0 Å². The molecular weight excluding hydrogens is 181 g/mol. The second-order valence-electron chi connectivity index (χ2n) is 5.31. The first-order valence-electron chi connectivity index (χ1n) is 5.47. The van der Waals surface area contributed by atoms with Crippen LogP contribution >= 0.6 is 0 Å². The summed E-state index contributed by atoms with van der Waals surface area (Å²) in [7, 11) is 0. The minimum atomic E-state index is -1.16. The summed E-state index contributed by atoms with van der Waals surface area (Å²) in [6.07, 6.45) is 6.20. The van der Waals surface area contributed by atoms with E-state index in [0.29, 0.717) is 30.6 Å². The van der Waals surface area contributed by atoms with E-state index in [1.165, 1.54) is 6.42 Å². The Morgan fingerprint density at radius 2 is 1.86 bits per heavy atom. The van der Waals surface area contributed by atoms with Crippen LogP contribution in [0.1, 0.15) is 32.1 Å². The minimum absolute atomic E-state index is 0.327. The lowest BCUT2D eigenvalue weighted by atomic mass is 9.53. The van der Waals surface area contributed by atoms with Crippen LogP contribution in [0.4, 0.5) is 4.39 Å². The predicted molar refractivity (Wildman–Crippen MR) is 49.3 cm³/mol. The molecule has 4 fully saturated rings. The molecule has 2 nitrogen and oxygen atoms in total. The van der Waals surface area contributed by atoms with Crippen LogP contribution in [0, 0.1) is 17.8 Å². The van der Waals surface area contributed by atoms with Crippen LogP contribution in [0.5, 0.6) is 0 Å². The van der Waals surface area contributed by atoms with Crippen LogP contribution in [0.2, 0.25) is 0 Å². The van der Waals surface area contributed by atoms with Gasteiger partial charge in [-0.1, -0.05) is 0 Å². The van der Waals surface area contributed by atoms with Crippen LogP contribution < -0.4 is 0 Å². The smallest absolute Gasteiger partial charge is 0.235 e. The third-order valence-corrected chi connectivity index (χ3v) is 4.36. The number of nitrogens with zero attached hydrogens (tertiary/aromatic N) is 1. The number of rotatable bonds is 1. The Kier molecular flexibility index (Phi) is 1.64. The second-order valence-corrected chi connectivity index (χ2v) is 5.31. The molecule has 0 spiro atoms. The Morgan fingerprint density at radius 3 is 2.36 bits per heavy atom. The van der Waals surface area contributed by atoms with Crippen LogP contribution in [0.15, 0.2) is 4.99 Å². The Hall–Kier alpha value is -0.690. The van der Waals surface area contributed by atoms with E-state index in [-0.39, 0.29) is 6.04 Å². The third kappa shape index (κ3) is 1.02. The summed E-state index contributed by atoms with van der Waals surface area (Å²) < 4.78 is 14.5. The van der Waals surface area contributed by atoms with Gasteiger partial charge in [0.05, 0.1) is 6.04 Å². The maximum absolute atomic E-state index is 14.5. The standard InChI is InChI=1S/C11H14FNO/c12-11-4-7-1-8(5-11)3-9(2-7)10(11)13-6-14/h7-10H,1-5H2. The van der Waals surface area contributed by atoms with E-state index in [1.807, 2.05) is 0 Å². The molecule has 0 heterocycles. The molecule has 0 aromatic heterocycles. The SMILES string of the molecule is O=C=NC1C2CC3CC(C2)CC1(F)C3. The largest absolute Gasteiger partial charge is 0.241 e. The molecule has 3 unspecified atom stereocenters. The van der Waals surface area contributed by atoms with Crippen molar-refractivity contribution >= 4 is 6.08 Å². The molecule has 0 aliphatic heterocycles. The number of hydrogen-bond donors (Lipinski definition) is 0. The summed E-state index contributed by atoms with van der Waals surface area (Å²) in [5, 5.41) is 0. The summed E-state index contributed by atoms with van der Waals surface area (Å²) >= 11 is 0. The number of aliphatic imine (C=N–C) groups is 1. The molecule has 4 saturated carbocycles. The summed E-state index contributed by atoms with van der Waals surface area (Å²) in [5.74, 6) is 1.46. The van der Waals surface area contributed by atoms with Crippen molar-refractivity contribution in [3.05, 3.63) is 0 Å². The molecule has 3 atom stereocenters. The van der Waals surface area contributed by atoms with Gasteiger partial charge in [-0.25, -0.2) is 9.18 Å². The molecule has 0 saturated heterocycles. The number of isocyanates is 1. The third-order valence-electron chi connectivity index (χ3n) is 4.36. The average molecular weight is 195 g/mol. The molecule has 4 aliphatic rings. The Balaban J connectivity index is 1.97. The Morgan fingerprint density at radius 1 is 1.21 bits per heavy atom. The van der Waals surface area contributed by atoms with E-state index in [4.69, 9.17) is 0 Å². The molecular formula is C11H14FNO. The molecule has 0 aromatic carbocycles. The highest BCUT2D eigenvalue weighted by molar-refractivity contribution is 5.35. The number of halogens is 1. The van der Waals surface area contributed by atoms with E-state index in [1.54, 1.807) is 6.08 Å². The van der Waals surface area contributed by atoms with E-state index in [2.05, 4.69) is 4.99 Å². The highest BCUT2D eigenvalue weighted by Crippen LogP contribution is 2.58. The van der Waals surface area contributed by atoms with Gasteiger partial charge in [-0.05, 0) is 49.9 Å². The lowest BCUT2D eigenvalue weighted by molar-refractivity contribution is -0.0893. The van der Waals surface area contributed by atoms with Crippen molar-refractivity contribution in [3.63, 3.8) is 0 Å². The first-order valence-corrected chi connectivity index (χ1v) is 5.47. The normalized spacial score (nSPS) is 54.4. The molecule has 0 radical (unpaired) electrons. The molecule has 4 aliphatic carbocycles. The molecule has 0 aromatic rings. The molecule has 4 bridgehead atoms. The van der Waals surface area contributed by atoms with Gasteiger partial charge in [0, 0.05) is 0 Å². The first kappa shape index (κ1) is 8.60. The highest BCUT2D eigenvalue weighted by atomic mass is 19.1. The van der Waals surface area contributed by atoms with Gasteiger partial charge in [-0.15, -0.1) is 0 Å². The molecule has 14 heavy (non-hydrogen) atoms. The summed E-state index contributed by atoms with van der Waals surface area (Å²) in [6, 6.07) is -0.368. The van der Waals surface area contributed by atoms with Gasteiger partial charge in [0.1, 0.15) is 5.67 Å². The van der Waals surface area contributed by atoms with Gasteiger partial charge < -0.3 is 0 Å². The maximum atomic E-state index is 14.5. The predicted octanol–water partition coefficient (Wildman–Crippen LogP) is 2.24. The van der Waals surface area contributed by atoms with Crippen LogP contribution in [0.25, 0.3) is 0 Å². The zero-order valence-electron chi connectivity index (χ0n) is 8.08. The van der Waals surface area contributed by atoms with Gasteiger partial charge in [-0.3, -0.25) is 0 Å².